The Balaban J connectivity index is 2.65. The summed E-state index contributed by atoms with van der Waals surface area (Å²) < 4.78 is 17.1. The van der Waals surface area contributed by atoms with Crippen molar-refractivity contribution in [3.05, 3.63) is 0 Å². The molecular formula is C17H34O8. The molecule has 0 aromatic carbocycles. The zero-order valence-electron chi connectivity index (χ0n) is 15.7. The largest absolute Gasteiger partial charge is 0.396 e. The zero-order valence-corrected chi connectivity index (χ0v) is 15.7. The number of rotatable bonds is 13. The number of aliphatic hydroxyl groups is 5. The molecule has 1 aliphatic rings. The molecule has 150 valence electrons. The summed E-state index contributed by atoms with van der Waals surface area (Å²) >= 11 is 0. The van der Waals surface area contributed by atoms with Crippen molar-refractivity contribution < 1.29 is 39.7 Å². The summed E-state index contributed by atoms with van der Waals surface area (Å²) in [6.45, 7) is 5.52. The van der Waals surface area contributed by atoms with E-state index in [-0.39, 0.29) is 39.1 Å². The number of ether oxygens (including phenoxy) is 3. The molecular weight excluding hydrogens is 332 g/mol. The van der Waals surface area contributed by atoms with Gasteiger partial charge in [-0.15, -0.1) is 0 Å². The highest BCUT2D eigenvalue weighted by Gasteiger charge is 2.60. The molecule has 1 rings (SSSR count). The van der Waals surface area contributed by atoms with E-state index in [1.807, 2.05) is 27.7 Å². The first kappa shape index (κ1) is 22.7. The van der Waals surface area contributed by atoms with Crippen molar-refractivity contribution in [3.8, 4) is 0 Å². The molecule has 1 aliphatic heterocycles. The molecule has 1 heterocycles. The van der Waals surface area contributed by atoms with Crippen LogP contribution in [0.3, 0.4) is 0 Å². The molecule has 0 aromatic rings. The molecule has 0 aliphatic carbocycles. The average molecular weight is 366 g/mol. The van der Waals surface area contributed by atoms with Gasteiger partial charge in [-0.1, -0.05) is 0 Å². The van der Waals surface area contributed by atoms with Crippen molar-refractivity contribution in [1.82, 2.24) is 0 Å². The molecule has 2 unspecified atom stereocenters. The second-order valence-corrected chi connectivity index (χ2v) is 7.95. The van der Waals surface area contributed by atoms with Gasteiger partial charge in [-0.05, 0) is 27.7 Å². The lowest BCUT2D eigenvalue weighted by Crippen LogP contribution is -2.48. The molecule has 0 saturated carbocycles. The van der Waals surface area contributed by atoms with Crippen LogP contribution < -0.4 is 0 Å². The fourth-order valence-electron chi connectivity index (χ4n) is 2.49. The number of aliphatic hydroxyl groups excluding tert-OH is 5. The van der Waals surface area contributed by atoms with Gasteiger partial charge >= 0.3 is 0 Å². The lowest BCUT2D eigenvalue weighted by molar-refractivity contribution is -0.149. The first-order chi connectivity index (χ1) is 11.6. The maximum absolute atomic E-state index is 9.75. The van der Waals surface area contributed by atoms with Gasteiger partial charge in [0.1, 0.15) is 5.60 Å². The van der Waals surface area contributed by atoms with E-state index in [1.54, 1.807) is 0 Å². The molecule has 0 spiro atoms. The van der Waals surface area contributed by atoms with E-state index >= 15 is 0 Å². The molecule has 1 saturated heterocycles. The topological polar surface area (TPSA) is 132 Å². The minimum Gasteiger partial charge on any atom is -0.396 e. The molecule has 8 nitrogen and oxygen atoms in total. The summed E-state index contributed by atoms with van der Waals surface area (Å²) in [5.41, 5.74) is -3.25. The second kappa shape index (κ2) is 8.58. The maximum atomic E-state index is 9.75. The molecule has 0 radical (unpaired) electrons. The van der Waals surface area contributed by atoms with Crippen LogP contribution in [0.1, 0.15) is 27.7 Å². The lowest BCUT2D eigenvalue weighted by atomic mass is 9.87. The second-order valence-electron chi connectivity index (χ2n) is 7.95. The summed E-state index contributed by atoms with van der Waals surface area (Å²) in [6.07, 6.45) is 0.0654. The summed E-state index contributed by atoms with van der Waals surface area (Å²) in [4.78, 5) is 0. The van der Waals surface area contributed by atoms with Crippen LogP contribution in [-0.2, 0) is 14.2 Å². The Bertz CT molecular complexity index is 397. The van der Waals surface area contributed by atoms with E-state index in [9.17, 15) is 25.5 Å². The molecule has 8 heteroatoms. The van der Waals surface area contributed by atoms with E-state index in [0.717, 1.165) is 0 Å². The zero-order chi connectivity index (χ0) is 19.4. The summed E-state index contributed by atoms with van der Waals surface area (Å²) in [5, 5.41) is 47.4. The third kappa shape index (κ3) is 4.90. The van der Waals surface area contributed by atoms with E-state index < -0.39 is 41.9 Å². The van der Waals surface area contributed by atoms with Gasteiger partial charge in [0.05, 0.1) is 75.4 Å². The van der Waals surface area contributed by atoms with Gasteiger partial charge in [-0.3, -0.25) is 0 Å². The lowest BCUT2D eigenvalue weighted by Gasteiger charge is -2.37. The van der Waals surface area contributed by atoms with E-state index in [2.05, 4.69) is 0 Å². The van der Waals surface area contributed by atoms with Gasteiger partial charge in [0.25, 0.3) is 0 Å². The van der Waals surface area contributed by atoms with Crippen LogP contribution in [0.15, 0.2) is 0 Å². The van der Waals surface area contributed by atoms with Crippen LogP contribution in [0.4, 0.5) is 0 Å². The predicted octanol–water partition coefficient (Wildman–Crippen LogP) is -1.09. The standard InChI is InChI=1S/C17H34O8/c1-13-15(4,25-13)14(2,3)24-12-17(8-21,9-22)11-23-10-16(5-18,6-19)7-20/h13,18-22H,5-12H2,1-4H3. The Labute approximate surface area is 149 Å². The Morgan fingerprint density at radius 1 is 0.840 bits per heavy atom. The monoisotopic (exact) mass is 366 g/mol. The van der Waals surface area contributed by atoms with E-state index in [1.165, 1.54) is 0 Å². The van der Waals surface area contributed by atoms with E-state index in [4.69, 9.17) is 14.2 Å². The maximum Gasteiger partial charge on any atom is 0.120 e. The summed E-state index contributed by atoms with van der Waals surface area (Å²) in [6, 6.07) is 0. The first-order valence-corrected chi connectivity index (χ1v) is 8.54. The Hall–Kier alpha value is -0.320. The third-order valence-corrected chi connectivity index (χ3v) is 5.57. The minimum absolute atomic E-state index is 0.0447. The molecule has 0 amide bonds. The highest BCUT2D eigenvalue weighted by molar-refractivity contribution is 5.08. The van der Waals surface area contributed by atoms with Crippen molar-refractivity contribution >= 4 is 0 Å². The molecule has 5 N–H and O–H groups in total. The molecule has 2 atom stereocenters. The normalized spacial score (nSPS) is 24.6. The van der Waals surface area contributed by atoms with Gasteiger partial charge in [0.2, 0.25) is 0 Å². The quantitative estimate of drug-likeness (QED) is 0.260. The predicted molar refractivity (Wildman–Crippen MR) is 90.1 cm³/mol. The minimum atomic E-state index is -1.17. The van der Waals surface area contributed by atoms with Gasteiger partial charge in [-0.2, -0.15) is 0 Å². The fourth-order valence-corrected chi connectivity index (χ4v) is 2.49. The molecule has 25 heavy (non-hydrogen) atoms. The smallest absolute Gasteiger partial charge is 0.120 e. The summed E-state index contributed by atoms with van der Waals surface area (Å²) in [7, 11) is 0. The van der Waals surface area contributed by atoms with Gasteiger partial charge in [0, 0.05) is 0 Å². The van der Waals surface area contributed by atoms with E-state index in [0.29, 0.717) is 0 Å². The summed E-state index contributed by atoms with van der Waals surface area (Å²) in [5.74, 6) is 0. The fraction of sp³-hybridized carbons (Fsp3) is 1.00. The highest BCUT2D eigenvalue weighted by Crippen LogP contribution is 2.47. The number of hydrogen-bond acceptors (Lipinski definition) is 8. The van der Waals surface area contributed by atoms with Crippen LogP contribution in [0, 0.1) is 10.8 Å². The van der Waals surface area contributed by atoms with Crippen LogP contribution in [0.2, 0.25) is 0 Å². The molecule has 1 fully saturated rings. The Morgan fingerprint density at radius 2 is 1.24 bits per heavy atom. The van der Waals surface area contributed by atoms with Crippen molar-refractivity contribution in [1.29, 1.82) is 0 Å². The van der Waals surface area contributed by atoms with Crippen molar-refractivity contribution in [2.75, 3.05) is 52.9 Å². The number of hydrogen-bond donors (Lipinski definition) is 5. The Kier molecular flexibility index (Phi) is 7.80. The van der Waals surface area contributed by atoms with Gasteiger partial charge < -0.3 is 39.7 Å². The van der Waals surface area contributed by atoms with Crippen molar-refractivity contribution in [3.63, 3.8) is 0 Å². The third-order valence-electron chi connectivity index (χ3n) is 5.57. The SMILES string of the molecule is CC1OC1(C)C(C)(C)OCC(CO)(CO)COCC(CO)(CO)CO. The van der Waals surface area contributed by atoms with Gasteiger partial charge in [-0.25, -0.2) is 0 Å². The molecule has 0 aromatic heterocycles. The average Bonchev–Trinajstić information content (AvgIpc) is 3.24. The highest BCUT2D eigenvalue weighted by atomic mass is 16.6. The van der Waals surface area contributed by atoms with Crippen LogP contribution in [0.5, 0.6) is 0 Å². The first-order valence-electron chi connectivity index (χ1n) is 8.54. The van der Waals surface area contributed by atoms with Crippen LogP contribution in [0.25, 0.3) is 0 Å². The van der Waals surface area contributed by atoms with Crippen molar-refractivity contribution in [2.45, 2.75) is 45.0 Å². The van der Waals surface area contributed by atoms with Crippen molar-refractivity contribution in [2.24, 2.45) is 10.8 Å². The van der Waals surface area contributed by atoms with Crippen LogP contribution in [-0.4, -0.2) is 95.7 Å². The number of epoxide rings is 1. The Morgan fingerprint density at radius 3 is 1.60 bits per heavy atom. The van der Waals surface area contributed by atoms with Crippen LogP contribution >= 0.6 is 0 Å². The molecule has 0 bridgehead atoms. The van der Waals surface area contributed by atoms with Gasteiger partial charge in [0.15, 0.2) is 0 Å².